The summed E-state index contributed by atoms with van der Waals surface area (Å²) in [6.07, 6.45) is 1.46. The van der Waals surface area contributed by atoms with Gasteiger partial charge in [0.25, 0.3) is 5.91 Å². The molecule has 2 rings (SSSR count). The minimum absolute atomic E-state index is 0.0907. The predicted molar refractivity (Wildman–Crippen MR) is 69.4 cm³/mol. The van der Waals surface area contributed by atoms with E-state index in [1.165, 1.54) is 12.3 Å². The number of pyridine rings is 1. The van der Waals surface area contributed by atoms with Gasteiger partial charge in [0.15, 0.2) is 0 Å². The maximum atomic E-state index is 11.9. The lowest BCUT2D eigenvalue weighted by molar-refractivity contribution is 0.102. The molecule has 0 bridgehead atoms. The van der Waals surface area contributed by atoms with Gasteiger partial charge in [-0.1, -0.05) is 6.07 Å². The van der Waals surface area contributed by atoms with Crippen molar-refractivity contribution in [2.24, 2.45) is 0 Å². The van der Waals surface area contributed by atoms with Crippen molar-refractivity contribution in [3.63, 3.8) is 0 Å². The van der Waals surface area contributed by atoms with Crippen molar-refractivity contribution in [2.75, 3.05) is 11.1 Å². The lowest BCUT2D eigenvalue weighted by Gasteiger charge is -2.06. The van der Waals surface area contributed by atoms with Crippen LogP contribution in [-0.2, 0) is 0 Å². The fourth-order valence-corrected chi connectivity index (χ4v) is 1.42. The second-order valence-electron chi connectivity index (χ2n) is 3.93. The van der Waals surface area contributed by atoms with E-state index in [0.29, 0.717) is 17.1 Å². The first-order valence-electron chi connectivity index (χ1n) is 5.39. The van der Waals surface area contributed by atoms with Gasteiger partial charge < -0.3 is 16.2 Å². The van der Waals surface area contributed by atoms with E-state index < -0.39 is 0 Å². The Labute approximate surface area is 104 Å². The minimum atomic E-state index is -0.331. The monoisotopic (exact) mass is 243 g/mol. The molecule has 0 saturated heterocycles. The molecule has 5 nitrogen and oxygen atoms in total. The smallest absolute Gasteiger partial charge is 0.256 e. The average Bonchev–Trinajstić information content (AvgIpc) is 2.35. The molecule has 0 aliphatic heterocycles. The van der Waals surface area contributed by atoms with Crippen molar-refractivity contribution in [3.8, 4) is 5.75 Å². The Hall–Kier alpha value is -2.56. The van der Waals surface area contributed by atoms with Gasteiger partial charge in [-0.25, -0.2) is 4.98 Å². The molecule has 2 aromatic rings. The van der Waals surface area contributed by atoms with Gasteiger partial charge in [0, 0.05) is 5.56 Å². The van der Waals surface area contributed by atoms with E-state index in [9.17, 15) is 9.90 Å². The van der Waals surface area contributed by atoms with Crippen LogP contribution in [0.2, 0.25) is 0 Å². The predicted octanol–water partition coefficient (Wildman–Crippen LogP) is 1.93. The molecule has 0 atom stereocenters. The summed E-state index contributed by atoms with van der Waals surface area (Å²) in [5.74, 6) is 0.171. The zero-order valence-corrected chi connectivity index (χ0v) is 9.84. The molecular formula is C13H13N3O2. The third kappa shape index (κ3) is 2.57. The molecule has 0 aliphatic carbocycles. The molecule has 0 saturated carbocycles. The van der Waals surface area contributed by atoms with Crippen LogP contribution in [0.3, 0.4) is 0 Å². The van der Waals surface area contributed by atoms with Gasteiger partial charge in [0.05, 0.1) is 11.9 Å². The van der Waals surface area contributed by atoms with Gasteiger partial charge >= 0.3 is 0 Å². The van der Waals surface area contributed by atoms with Crippen LogP contribution < -0.4 is 11.1 Å². The van der Waals surface area contributed by atoms with Gasteiger partial charge in [-0.05, 0) is 36.8 Å². The molecule has 0 fully saturated rings. The van der Waals surface area contributed by atoms with Crippen LogP contribution in [0.4, 0.5) is 11.5 Å². The fourth-order valence-electron chi connectivity index (χ4n) is 1.42. The Morgan fingerprint density at radius 1 is 1.33 bits per heavy atom. The number of phenols is 1. The molecule has 1 amide bonds. The minimum Gasteiger partial charge on any atom is -0.508 e. The van der Waals surface area contributed by atoms with Gasteiger partial charge in [0.2, 0.25) is 0 Å². The van der Waals surface area contributed by atoms with Crippen LogP contribution >= 0.6 is 0 Å². The first kappa shape index (κ1) is 11.9. The summed E-state index contributed by atoms with van der Waals surface area (Å²) < 4.78 is 0. The van der Waals surface area contributed by atoms with Crippen LogP contribution in [0.1, 0.15) is 15.9 Å². The number of nitrogens with zero attached hydrogens (tertiary/aromatic N) is 1. The van der Waals surface area contributed by atoms with E-state index in [4.69, 9.17) is 5.73 Å². The summed E-state index contributed by atoms with van der Waals surface area (Å²) in [4.78, 5) is 15.8. The number of hydrogen-bond acceptors (Lipinski definition) is 4. The van der Waals surface area contributed by atoms with Gasteiger partial charge in [-0.2, -0.15) is 0 Å². The Kier molecular flexibility index (Phi) is 3.14. The lowest BCUT2D eigenvalue weighted by atomic mass is 10.1. The third-order valence-electron chi connectivity index (χ3n) is 2.50. The lowest BCUT2D eigenvalue weighted by Crippen LogP contribution is -2.12. The van der Waals surface area contributed by atoms with Crippen LogP contribution in [0.5, 0.6) is 5.75 Å². The maximum absolute atomic E-state index is 11.9. The first-order chi connectivity index (χ1) is 8.56. The molecule has 0 spiro atoms. The van der Waals surface area contributed by atoms with Crippen molar-refractivity contribution in [2.45, 2.75) is 6.92 Å². The number of nitrogen functional groups attached to an aromatic ring is 1. The number of carbonyl (C=O) groups is 1. The van der Waals surface area contributed by atoms with Crippen LogP contribution in [-0.4, -0.2) is 16.0 Å². The molecule has 0 aliphatic rings. The quantitative estimate of drug-likeness (QED) is 0.752. The summed E-state index contributed by atoms with van der Waals surface area (Å²) in [6.45, 7) is 1.76. The number of nitrogens with one attached hydrogen (secondary N) is 1. The summed E-state index contributed by atoms with van der Waals surface area (Å²) in [5.41, 5.74) is 7.12. The molecule has 1 heterocycles. The highest BCUT2D eigenvalue weighted by molar-refractivity contribution is 6.04. The summed E-state index contributed by atoms with van der Waals surface area (Å²) in [7, 11) is 0. The summed E-state index contributed by atoms with van der Waals surface area (Å²) in [5, 5.41) is 12.2. The number of carbonyl (C=O) groups excluding carboxylic acids is 1. The molecule has 0 radical (unpaired) electrons. The Morgan fingerprint density at radius 3 is 2.72 bits per heavy atom. The number of aromatic nitrogens is 1. The van der Waals surface area contributed by atoms with Crippen molar-refractivity contribution in [1.82, 2.24) is 4.98 Å². The second-order valence-corrected chi connectivity index (χ2v) is 3.93. The molecule has 18 heavy (non-hydrogen) atoms. The van der Waals surface area contributed by atoms with E-state index in [-0.39, 0.29) is 11.7 Å². The Bertz CT molecular complexity index is 579. The zero-order valence-electron chi connectivity index (χ0n) is 9.84. The second kappa shape index (κ2) is 4.75. The Balaban J connectivity index is 2.16. The van der Waals surface area contributed by atoms with E-state index in [1.54, 1.807) is 31.2 Å². The largest absolute Gasteiger partial charge is 0.508 e. The number of nitrogens with two attached hydrogens (primary N) is 1. The molecular weight excluding hydrogens is 230 g/mol. The van der Waals surface area contributed by atoms with Crippen molar-refractivity contribution in [1.29, 1.82) is 0 Å². The average molecular weight is 243 g/mol. The Morgan fingerprint density at radius 2 is 2.11 bits per heavy atom. The molecule has 0 unspecified atom stereocenters. The highest BCUT2D eigenvalue weighted by Crippen LogP contribution is 2.18. The van der Waals surface area contributed by atoms with Crippen LogP contribution in [0.25, 0.3) is 0 Å². The molecule has 5 heteroatoms. The number of amides is 1. The van der Waals surface area contributed by atoms with Crippen molar-refractivity contribution >= 4 is 17.4 Å². The molecule has 92 valence electrons. The SMILES string of the molecule is Cc1ccc(C(=O)Nc2ccc(N)cn2)cc1O. The number of rotatable bonds is 2. The van der Waals surface area contributed by atoms with Gasteiger partial charge in [-0.15, -0.1) is 0 Å². The van der Waals surface area contributed by atoms with E-state index >= 15 is 0 Å². The number of aryl methyl sites for hydroxylation is 1. The standard InChI is InChI=1S/C13H13N3O2/c1-8-2-3-9(6-11(8)17)13(18)16-12-5-4-10(14)7-15-12/h2-7,17H,14H2,1H3,(H,15,16,18). The van der Waals surface area contributed by atoms with Gasteiger partial charge in [-0.3, -0.25) is 4.79 Å². The van der Waals surface area contributed by atoms with Gasteiger partial charge in [0.1, 0.15) is 11.6 Å². The van der Waals surface area contributed by atoms with Crippen molar-refractivity contribution in [3.05, 3.63) is 47.7 Å². The summed E-state index contributed by atoms with van der Waals surface area (Å²) in [6, 6.07) is 8.00. The van der Waals surface area contributed by atoms with Crippen LogP contribution in [0.15, 0.2) is 36.5 Å². The molecule has 1 aromatic heterocycles. The first-order valence-corrected chi connectivity index (χ1v) is 5.39. The van der Waals surface area contributed by atoms with E-state index in [0.717, 1.165) is 5.56 Å². The topological polar surface area (TPSA) is 88.2 Å². The number of hydrogen-bond donors (Lipinski definition) is 3. The maximum Gasteiger partial charge on any atom is 0.256 e. The third-order valence-corrected chi connectivity index (χ3v) is 2.50. The highest BCUT2D eigenvalue weighted by atomic mass is 16.3. The van der Waals surface area contributed by atoms with Crippen molar-refractivity contribution < 1.29 is 9.90 Å². The van der Waals surface area contributed by atoms with E-state index in [2.05, 4.69) is 10.3 Å². The van der Waals surface area contributed by atoms with E-state index in [1.807, 2.05) is 0 Å². The zero-order chi connectivity index (χ0) is 13.1. The summed E-state index contributed by atoms with van der Waals surface area (Å²) >= 11 is 0. The number of benzene rings is 1. The number of aromatic hydroxyl groups is 1. The number of anilines is 2. The highest BCUT2D eigenvalue weighted by Gasteiger charge is 2.08. The molecule has 1 aromatic carbocycles. The fraction of sp³-hybridized carbons (Fsp3) is 0.0769. The molecule has 4 N–H and O–H groups in total. The van der Waals surface area contributed by atoms with Crippen LogP contribution in [0, 0.1) is 6.92 Å². The number of phenolic OH excluding ortho intramolecular Hbond substituents is 1. The normalized spacial score (nSPS) is 10.1.